The highest BCUT2D eigenvalue weighted by Crippen LogP contribution is 2.34. The highest BCUT2D eigenvalue weighted by atomic mass is 35.5. The highest BCUT2D eigenvalue weighted by Gasteiger charge is 2.18. The molecule has 3 rings (SSSR count). The van der Waals surface area contributed by atoms with E-state index in [4.69, 9.17) is 35.3 Å². The predicted octanol–water partition coefficient (Wildman–Crippen LogP) is 4.21. The summed E-state index contributed by atoms with van der Waals surface area (Å²) < 4.78 is 27.9. The van der Waals surface area contributed by atoms with Gasteiger partial charge in [-0.15, -0.1) is 0 Å². The van der Waals surface area contributed by atoms with E-state index in [1.54, 1.807) is 27.4 Å². The lowest BCUT2D eigenvalue weighted by atomic mass is 10.1. The summed E-state index contributed by atoms with van der Waals surface area (Å²) >= 11 is 6.39. The van der Waals surface area contributed by atoms with E-state index in [1.807, 2.05) is 24.3 Å². The average molecular weight is 422 g/mol. The molecule has 1 heterocycles. The molecule has 1 N–H and O–H groups in total. The summed E-state index contributed by atoms with van der Waals surface area (Å²) in [6, 6.07) is 9.53. The largest absolute Gasteiger partial charge is 0.493 e. The summed E-state index contributed by atoms with van der Waals surface area (Å²) in [5, 5.41) is 4.04. The first-order chi connectivity index (χ1) is 14.2. The molecular formula is C22H28ClNO5. The Bertz CT molecular complexity index is 808. The van der Waals surface area contributed by atoms with E-state index >= 15 is 0 Å². The standard InChI is InChI=1S/C22H28ClNO5/c1-25-19-8-4-6-15(22(19)29-14-17-7-5-9-28-17)12-24-13-16-10-20(26-2)21(27-3)11-18(16)23/h4,6,8,10-11,17,24H,5,7,9,12-14H2,1-3H3. The van der Waals surface area contributed by atoms with Gasteiger partial charge in [0.15, 0.2) is 23.0 Å². The number of rotatable bonds is 10. The van der Waals surface area contributed by atoms with Crippen LogP contribution in [0.1, 0.15) is 24.0 Å². The monoisotopic (exact) mass is 421 g/mol. The molecule has 0 aliphatic carbocycles. The van der Waals surface area contributed by atoms with E-state index in [0.29, 0.717) is 42.0 Å². The Morgan fingerprint density at radius 3 is 2.41 bits per heavy atom. The maximum absolute atomic E-state index is 6.39. The first-order valence-corrected chi connectivity index (χ1v) is 10.1. The van der Waals surface area contributed by atoms with E-state index in [1.165, 1.54) is 0 Å². The summed E-state index contributed by atoms with van der Waals surface area (Å²) in [6.07, 6.45) is 2.26. The smallest absolute Gasteiger partial charge is 0.165 e. The normalized spacial score (nSPS) is 15.9. The van der Waals surface area contributed by atoms with Crippen LogP contribution in [0.2, 0.25) is 5.02 Å². The zero-order valence-corrected chi connectivity index (χ0v) is 17.9. The first kappa shape index (κ1) is 21.6. The molecule has 0 spiro atoms. The minimum Gasteiger partial charge on any atom is -0.493 e. The molecule has 2 aromatic carbocycles. The van der Waals surface area contributed by atoms with Crippen LogP contribution in [0.4, 0.5) is 0 Å². The molecule has 1 saturated heterocycles. The molecular weight excluding hydrogens is 394 g/mol. The molecule has 1 aliphatic heterocycles. The molecule has 6 nitrogen and oxygen atoms in total. The van der Waals surface area contributed by atoms with Crippen molar-refractivity contribution in [3.05, 3.63) is 46.5 Å². The lowest BCUT2D eigenvalue weighted by molar-refractivity contribution is 0.0666. The van der Waals surface area contributed by atoms with Gasteiger partial charge in [-0.3, -0.25) is 0 Å². The zero-order chi connectivity index (χ0) is 20.6. The molecule has 0 radical (unpaired) electrons. The quantitative estimate of drug-likeness (QED) is 0.620. The Morgan fingerprint density at radius 1 is 1.00 bits per heavy atom. The molecule has 29 heavy (non-hydrogen) atoms. The number of ether oxygens (including phenoxy) is 5. The first-order valence-electron chi connectivity index (χ1n) is 9.67. The van der Waals surface area contributed by atoms with Crippen LogP contribution in [0, 0.1) is 0 Å². The fourth-order valence-electron chi connectivity index (χ4n) is 3.34. The third-order valence-corrected chi connectivity index (χ3v) is 5.25. The summed E-state index contributed by atoms with van der Waals surface area (Å²) in [7, 11) is 4.85. The zero-order valence-electron chi connectivity index (χ0n) is 17.1. The minimum absolute atomic E-state index is 0.145. The SMILES string of the molecule is COc1cc(Cl)c(CNCc2cccc(OC)c2OCC2CCCO2)cc1OC. The van der Waals surface area contributed by atoms with Crippen molar-refractivity contribution < 1.29 is 23.7 Å². The Hall–Kier alpha value is -2.15. The Labute approximate surface area is 177 Å². The van der Waals surface area contributed by atoms with Crippen LogP contribution in [0.5, 0.6) is 23.0 Å². The molecule has 1 atom stereocenters. The fourth-order valence-corrected chi connectivity index (χ4v) is 3.56. The van der Waals surface area contributed by atoms with E-state index in [2.05, 4.69) is 5.32 Å². The molecule has 158 valence electrons. The fraction of sp³-hybridized carbons (Fsp3) is 0.455. The van der Waals surface area contributed by atoms with Crippen molar-refractivity contribution in [1.82, 2.24) is 5.32 Å². The van der Waals surface area contributed by atoms with Crippen LogP contribution in [0.25, 0.3) is 0 Å². The number of nitrogens with one attached hydrogen (secondary N) is 1. The number of benzene rings is 2. The van der Waals surface area contributed by atoms with Gasteiger partial charge in [-0.1, -0.05) is 23.7 Å². The van der Waals surface area contributed by atoms with Gasteiger partial charge >= 0.3 is 0 Å². The van der Waals surface area contributed by atoms with Gasteiger partial charge in [-0.05, 0) is 30.5 Å². The number of para-hydroxylation sites is 1. The van der Waals surface area contributed by atoms with Crippen molar-refractivity contribution in [1.29, 1.82) is 0 Å². The third kappa shape index (κ3) is 5.47. The van der Waals surface area contributed by atoms with Gasteiger partial charge in [0.1, 0.15) is 6.61 Å². The van der Waals surface area contributed by atoms with E-state index < -0.39 is 0 Å². The van der Waals surface area contributed by atoms with Crippen molar-refractivity contribution >= 4 is 11.6 Å². The van der Waals surface area contributed by atoms with Gasteiger partial charge in [-0.2, -0.15) is 0 Å². The van der Waals surface area contributed by atoms with Crippen LogP contribution >= 0.6 is 11.6 Å². The molecule has 0 aromatic heterocycles. The molecule has 1 fully saturated rings. The Morgan fingerprint density at radius 2 is 1.72 bits per heavy atom. The summed E-state index contributed by atoms with van der Waals surface area (Å²) in [6.45, 7) is 2.50. The Balaban J connectivity index is 1.67. The van der Waals surface area contributed by atoms with Gasteiger partial charge in [0.05, 0.1) is 27.4 Å². The maximum Gasteiger partial charge on any atom is 0.165 e. The lowest BCUT2D eigenvalue weighted by Crippen LogP contribution is -2.19. The average Bonchev–Trinajstić information content (AvgIpc) is 3.26. The summed E-state index contributed by atoms with van der Waals surface area (Å²) in [5.41, 5.74) is 1.94. The van der Waals surface area contributed by atoms with Crippen molar-refractivity contribution in [3.63, 3.8) is 0 Å². The minimum atomic E-state index is 0.145. The van der Waals surface area contributed by atoms with E-state index in [-0.39, 0.29) is 6.10 Å². The predicted molar refractivity (Wildman–Crippen MR) is 113 cm³/mol. The van der Waals surface area contributed by atoms with Gasteiger partial charge < -0.3 is 29.0 Å². The lowest BCUT2D eigenvalue weighted by Gasteiger charge is -2.18. The summed E-state index contributed by atoms with van der Waals surface area (Å²) in [5.74, 6) is 2.72. The molecule has 0 amide bonds. The topological polar surface area (TPSA) is 58.2 Å². The number of hydrogen-bond donors (Lipinski definition) is 1. The van der Waals surface area contributed by atoms with Crippen LogP contribution in [0.15, 0.2) is 30.3 Å². The molecule has 1 unspecified atom stereocenters. The highest BCUT2D eigenvalue weighted by molar-refractivity contribution is 6.31. The summed E-state index contributed by atoms with van der Waals surface area (Å²) in [4.78, 5) is 0. The van der Waals surface area contributed by atoms with Gasteiger partial charge in [-0.25, -0.2) is 0 Å². The van der Waals surface area contributed by atoms with E-state index in [0.717, 1.165) is 36.3 Å². The second-order valence-corrected chi connectivity index (χ2v) is 7.20. The maximum atomic E-state index is 6.39. The molecule has 7 heteroatoms. The number of halogens is 1. The van der Waals surface area contributed by atoms with Crippen molar-refractivity contribution in [3.8, 4) is 23.0 Å². The molecule has 0 saturated carbocycles. The van der Waals surface area contributed by atoms with E-state index in [9.17, 15) is 0 Å². The van der Waals surface area contributed by atoms with Gasteiger partial charge in [0.25, 0.3) is 0 Å². The van der Waals surface area contributed by atoms with Gasteiger partial charge in [0, 0.05) is 36.3 Å². The number of methoxy groups -OCH3 is 3. The van der Waals surface area contributed by atoms with Crippen LogP contribution in [0.3, 0.4) is 0 Å². The van der Waals surface area contributed by atoms with Gasteiger partial charge in [0.2, 0.25) is 0 Å². The van der Waals surface area contributed by atoms with Crippen molar-refractivity contribution in [2.75, 3.05) is 34.5 Å². The second kappa shape index (κ2) is 10.6. The van der Waals surface area contributed by atoms with Crippen LogP contribution < -0.4 is 24.3 Å². The molecule has 2 aromatic rings. The van der Waals surface area contributed by atoms with Crippen molar-refractivity contribution in [2.24, 2.45) is 0 Å². The van der Waals surface area contributed by atoms with Crippen LogP contribution in [-0.4, -0.2) is 40.6 Å². The number of hydrogen-bond acceptors (Lipinski definition) is 6. The molecule has 0 bridgehead atoms. The Kier molecular flexibility index (Phi) is 7.86. The van der Waals surface area contributed by atoms with Crippen molar-refractivity contribution in [2.45, 2.75) is 32.0 Å². The third-order valence-electron chi connectivity index (χ3n) is 4.90. The van der Waals surface area contributed by atoms with Crippen LogP contribution in [-0.2, 0) is 17.8 Å². The second-order valence-electron chi connectivity index (χ2n) is 6.80. The molecule has 1 aliphatic rings.